The molecule has 0 saturated heterocycles. The van der Waals surface area contributed by atoms with Crippen LogP contribution < -0.4 is 18.9 Å². The predicted octanol–water partition coefficient (Wildman–Crippen LogP) is 10.9. The summed E-state index contributed by atoms with van der Waals surface area (Å²) >= 11 is 0. The van der Waals surface area contributed by atoms with Gasteiger partial charge in [0.1, 0.15) is 36.2 Å². The van der Waals surface area contributed by atoms with Crippen molar-refractivity contribution in [2.24, 2.45) is 5.92 Å². The number of carbonyl (C=O) groups is 5. The lowest BCUT2D eigenvalue weighted by atomic mass is 9.87. The zero-order chi connectivity index (χ0) is 52.8. The lowest BCUT2D eigenvalue weighted by Gasteiger charge is -2.27. The molecule has 0 amide bonds. The van der Waals surface area contributed by atoms with Crippen molar-refractivity contribution in [3.63, 3.8) is 0 Å². The summed E-state index contributed by atoms with van der Waals surface area (Å²) in [7, 11) is 0. The van der Waals surface area contributed by atoms with E-state index in [1.165, 1.54) is 6.08 Å². The van der Waals surface area contributed by atoms with Gasteiger partial charge in [-0.15, -0.1) is 0 Å². The zero-order valence-corrected chi connectivity index (χ0v) is 42.3. The molecule has 0 aliphatic heterocycles. The van der Waals surface area contributed by atoms with Crippen LogP contribution in [-0.2, 0) is 42.9 Å². The van der Waals surface area contributed by atoms with Crippen molar-refractivity contribution < 1.29 is 66.6 Å². The molecule has 1 saturated carbocycles. The van der Waals surface area contributed by atoms with Crippen LogP contribution in [0.5, 0.6) is 23.0 Å². The minimum absolute atomic E-state index is 0.0920. The SMILES string of the molecule is C=CC(=O)OCCCCCCOc1ccc(C(=O)Oc2ccc3c4ccc(OC(=O)C5CCC(OCCCCCCOC(=O)C=C)CC5)cc4c4nc5cc(OCCOCCOC(=O)C=C)ccc5nc4c3c2)cc1. The van der Waals surface area contributed by atoms with E-state index in [2.05, 4.69) is 19.7 Å². The minimum Gasteiger partial charge on any atom is -0.494 e. The Bertz CT molecular complexity index is 2960. The van der Waals surface area contributed by atoms with Crippen LogP contribution >= 0.6 is 0 Å². The molecule has 6 aromatic rings. The summed E-state index contributed by atoms with van der Waals surface area (Å²) in [6.07, 6.45) is 13.4. The van der Waals surface area contributed by atoms with E-state index in [0.717, 1.165) is 87.1 Å². The fourth-order valence-electron chi connectivity index (χ4n) is 8.65. The number of unbranched alkanes of at least 4 members (excludes halogenated alkanes) is 6. The normalized spacial score (nSPS) is 14.2. The van der Waals surface area contributed by atoms with Crippen molar-refractivity contribution in [1.82, 2.24) is 9.97 Å². The maximum atomic E-state index is 13.7. The van der Waals surface area contributed by atoms with Crippen molar-refractivity contribution in [3.05, 3.63) is 122 Å². The Morgan fingerprint density at radius 1 is 0.467 bits per heavy atom. The third-order valence-electron chi connectivity index (χ3n) is 12.6. The van der Waals surface area contributed by atoms with Gasteiger partial charge in [-0.25, -0.2) is 29.1 Å². The van der Waals surface area contributed by atoms with Gasteiger partial charge < -0.3 is 42.6 Å². The summed E-state index contributed by atoms with van der Waals surface area (Å²) in [5, 5.41) is 3.06. The molecule has 16 heteroatoms. The number of benzene rings is 5. The molecule has 16 nitrogen and oxygen atoms in total. The van der Waals surface area contributed by atoms with Gasteiger partial charge >= 0.3 is 29.8 Å². The van der Waals surface area contributed by atoms with Crippen LogP contribution in [-0.4, -0.2) is 98.8 Å². The Kier molecular flexibility index (Phi) is 21.1. The first-order chi connectivity index (χ1) is 36.6. The van der Waals surface area contributed by atoms with Crippen LogP contribution in [0, 0.1) is 5.92 Å². The van der Waals surface area contributed by atoms with Gasteiger partial charge in [0.15, 0.2) is 0 Å². The van der Waals surface area contributed by atoms with Gasteiger partial charge in [0, 0.05) is 41.7 Å². The molecule has 1 aromatic heterocycles. The molecule has 1 aliphatic carbocycles. The molecular formula is C59H64N2O14. The van der Waals surface area contributed by atoms with Crippen LogP contribution in [0.4, 0.5) is 0 Å². The monoisotopic (exact) mass is 1020 g/mol. The van der Waals surface area contributed by atoms with Crippen LogP contribution in [0.3, 0.4) is 0 Å². The largest absolute Gasteiger partial charge is 0.494 e. The average Bonchev–Trinajstić information content (AvgIpc) is 3.44. The summed E-state index contributed by atoms with van der Waals surface area (Å²) in [6, 6.07) is 23.1. The molecule has 0 atom stereocenters. The van der Waals surface area contributed by atoms with Gasteiger partial charge in [-0.2, -0.15) is 0 Å². The van der Waals surface area contributed by atoms with Crippen LogP contribution in [0.25, 0.3) is 43.6 Å². The number of rotatable bonds is 30. The van der Waals surface area contributed by atoms with Gasteiger partial charge in [-0.05, 0) is 154 Å². The number of hydrogen-bond donors (Lipinski definition) is 0. The molecule has 0 unspecified atom stereocenters. The van der Waals surface area contributed by atoms with E-state index in [4.69, 9.17) is 52.6 Å². The second kappa shape index (κ2) is 28.7. The highest BCUT2D eigenvalue weighted by Gasteiger charge is 2.28. The van der Waals surface area contributed by atoms with E-state index in [1.54, 1.807) is 54.6 Å². The van der Waals surface area contributed by atoms with Crippen LogP contribution in [0.1, 0.15) is 87.4 Å². The highest BCUT2D eigenvalue weighted by Crippen LogP contribution is 2.39. The molecular weight excluding hydrogens is 961 g/mol. The third-order valence-corrected chi connectivity index (χ3v) is 12.6. The highest BCUT2D eigenvalue weighted by molar-refractivity contribution is 6.24. The maximum absolute atomic E-state index is 13.7. The van der Waals surface area contributed by atoms with Gasteiger partial charge in [-0.3, -0.25) is 4.79 Å². The smallest absolute Gasteiger partial charge is 0.343 e. The summed E-state index contributed by atoms with van der Waals surface area (Å²) in [6.45, 7) is 12.9. The van der Waals surface area contributed by atoms with E-state index in [9.17, 15) is 24.0 Å². The Hall–Kier alpha value is -7.69. The summed E-state index contributed by atoms with van der Waals surface area (Å²) in [5.41, 5.74) is 2.59. The molecule has 0 spiro atoms. The fraction of sp³-hybridized carbons (Fsp3) is 0.373. The first kappa shape index (κ1) is 55.1. The van der Waals surface area contributed by atoms with Crippen LogP contribution in [0.15, 0.2) is 117 Å². The number of fused-ring (bicyclic) bond motifs is 7. The predicted molar refractivity (Wildman–Crippen MR) is 283 cm³/mol. The van der Waals surface area contributed by atoms with Gasteiger partial charge in [-0.1, -0.05) is 26.2 Å². The number of hydrogen-bond acceptors (Lipinski definition) is 16. The van der Waals surface area contributed by atoms with E-state index in [1.807, 2.05) is 24.3 Å². The Balaban J connectivity index is 1.03. The van der Waals surface area contributed by atoms with Gasteiger partial charge in [0.25, 0.3) is 0 Å². The molecule has 0 bridgehead atoms. The molecule has 1 fully saturated rings. The third kappa shape index (κ3) is 16.4. The van der Waals surface area contributed by atoms with E-state index in [-0.39, 0.29) is 44.4 Å². The van der Waals surface area contributed by atoms with Crippen molar-refractivity contribution >= 4 is 73.5 Å². The van der Waals surface area contributed by atoms with Crippen molar-refractivity contribution in [1.29, 1.82) is 0 Å². The number of nitrogens with zero attached hydrogens (tertiary/aromatic N) is 2. The first-order valence-electron chi connectivity index (χ1n) is 25.6. The van der Waals surface area contributed by atoms with E-state index in [0.29, 0.717) is 101 Å². The number of aromatic nitrogens is 2. The topological polar surface area (TPSA) is 194 Å². The summed E-state index contributed by atoms with van der Waals surface area (Å²) < 4.78 is 50.6. The number of esters is 5. The van der Waals surface area contributed by atoms with Crippen molar-refractivity contribution in [2.75, 3.05) is 52.9 Å². The Morgan fingerprint density at radius 3 is 1.59 bits per heavy atom. The molecule has 7 rings (SSSR count). The standard InChI is InChI=1S/C59H64N2O14/c1-4-53(62)71-31-13-9-7-11-29-68-42-19-15-40(16-20-42)58(65)74-45-23-26-47-48-27-24-46(75-59(66)41-17-21-43(22-18-41)69-30-12-8-10-14-32-72-54(63)5-2)38-50(48)57-56(49(47)37-45)60-51-28-25-44(39-52(51)61-57)70-35-33-67-34-36-73-55(64)6-3/h4-6,15-16,19-20,23-28,37-39,41,43H,1-3,7-14,17-18,21-22,29-36H2. The van der Waals surface area contributed by atoms with Gasteiger partial charge in [0.05, 0.1) is 72.7 Å². The highest BCUT2D eigenvalue weighted by atomic mass is 16.6. The zero-order valence-electron chi connectivity index (χ0n) is 42.3. The second-order valence-corrected chi connectivity index (χ2v) is 17.9. The van der Waals surface area contributed by atoms with Crippen molar-refractivity contribution in [2.45, 2.75) is 83.2 Å². The lowest BCUT2D eigenvalue weighted by molar-refractivity contribution is -0.141. The van der Waals surface area contributed by atoms with Crippen LogP contribution in [0.2, 0.25) is 0 Å². The quantitative estimate of drug-likeness (QED) is 0.00785. The summed E-state index contributed by atoms with van der Waals surface area (Å²) in [4.78, 5) is 71.1. The Labute approximate surface area is 435 Å². The maximum Gasteiger partial charge on any atom is 0.343 e. The average molecular weight is 1030 g/mol. The summed E-state index contributed by atoms with van der Waals surface area (Å²) in [5.74, 6) is -0.575. The number of ether oxygens (including phenoxy) is 9. The molecule has 5 aromatic carbocycles. The molecule has 394 valence electrons. The Morgan fingerprint density at radius 2 is 0.973 bits per heavy atom. The van der Waals surface area contributed by atoms with E-state index < -0.39 is 23.9 Å². The number of carbonyl (C=O) groups excluding carboxylic acids is 5. The molecule has 1 aliphatic rings. The van der Waals surface area contributed by atoms with Crippen molar-refractivity contribution in [3.8, 4) is 23.0 Å². The minimum atomic E-state index is -0.546. The second-order valence-electron chi connectivity index (χ2n) is 17.9. The lowest BCUT2D eigenvalue weighted by Crippen LogP contribution is -2.29. The fourth-order valence-corrected chi connectivity index (χ4v) is 8.65. The molecule has 0 N–H and O–H groups in total. The molecule has 0 radical (unpaired) electrons. The van der Waals surface area contributed by atoms with Gasteiger partial charge in [0.2, 0.25) is 0 Å². The first-order valence-corrected chi connectivity index (χ1v) is 25.6. The molecule has 1 heterocycles. The van der Waals surface area contributed by atoms with E-state index >= 15 is 0 Å². The molecule has 75 heavy (non-hydrogen) atoms.